The van der Waals surface area contributed by atoms with Crippen LogP contribution in [0, 0.1) is 5.92 Å². The van der Waals surface area contributed by atoms with Gasteiger partial charge in [0.15, 0.2) is 0 Å². The summed E-state index contributed by atoms with van der Waals surface area (Å²) < 4.78 is 11.4. The van der Waals surface area contributed by atoms with Crippen molar-refractivity contribution in [1.82, 2.24) is 15.1 Å². The minimum atomic E-state index is -0.817. The Morgan fingerprint density at radius 1 is 1.03 bits per heavy atom. The van der Waals surface area contributed by atoms with Crippen molar-refractivity contribution < 1.29 is 24.2 Å². The van der Waals surface area contributed by atoms with E-state index >= 15 is 0 Å². The molecular formula is C29H45N3O5. The highest BCUT2D eigenvalue weighted by atomic mass is 16.5. The molecule has 2 N–H and O–H groups in total. The number of unbranched alkanes of at least 4 members (excludes halogenated alkanes) is 1. The Morgan fingerprint density at radius 2 is 1.76 bits per heavy atom. The summed E-state index contributed by atoms with van der Waals surface area (Å²) in [6, 6.07) is 8.89. The standard InChI is InChI=1S/C29H45N3O5/c1-2-3-16-32-27(34)25(26(33)23-10-6-4-7-11-23)30-28(35)29(32)14-17-31(18-15-29)19-20-36-21-22-37-24-12-8-5-9-13-24/h5,8-9,12-13,23,25-26,33H,2-4,6-7,10-11,14-22H2,1H3,(H,30,35)/t25-,26-/m1/s1. The molecule has 1 saturated carbocycles. The van der Waals surface area contributed by atoms with Crippen molar-refractivity contribution in [3.63, 3.8) is 0 Å². The van der Waals surface area contributed by atoms with E-state index in [9.17, 15) is 14.7 Å². The molecule has 2 amide bonds. The molecule has 0 radical (unpaired) electrons. The molecule has 1 spiro atoms. The number of rotatable bonds is 12. The molecule has 3 aliphatic rings. The Labute approximate surface area is 221 Å². The van der Waals surface area contributed by atoms with E-state index in [1.165, 1.54) is 6.42 Å². The smallest absolute Gasteiger partial charge is 0.248 e. The fraction of sp³-hybridized carbons (Fsp3) is 0.724. The number of carbonyl (C=O) groups excluding carboxylic acids is 2. The van der Waals surface area contributed by atoms with Gasteiger partial charge in [-0.2, -0.15) is 0 Å². The SMILES string of the molecule is CCCCN1C(=O)[C@@H]([C@H](O)C2CCCCC2)NC(=O)C12CCN(CCOCCOc1ccccc1)CC2. The fourth-order valence-corrected chi connectivity index (χ4v) is 6.13. The third kappa shape index (κ3) is 6.84. The van der Waals surface area contributed by atoms with Crippen molar-refractivity contribution in [1.29, 1.82) is 0 Å². The molecule has 2 heterocycles. The number of carbonyl (C=O) groups is 2. The van der Waals surface area contributed by atoms with Crippen LogP contribution in [0.5, 0.6) is 5.75 Å². The Bertz CT molecular complexity index is 852. The van der Waals surface area contributed by atoms with Crippen LogP contribution < -0.4 is 10.1 Å². The number of benzene rings is 1. The van der Waals surface area contributed by atoms with Gasteiger partial charge in [-0.25, -0.2) is 0 Å². The minimum Gasteiger partial charge on any atom is -0.491 e. The molecule has 8 heteroatoms. The first-order chi connectivity index (χ1) is 18.0. The minimum absolute atomic E-state index is 0.0861. The van der Waals surface area contributed by atoms with Gasteiger partial charge in [-0.05, 0) is 50.2 Å². The molecule has 37 heavy (non-hydrogen) atoms. The zero-order valence-electron chi connectivity index (χ0n) is 22.4. The van der Waals surface area contributed by atoms with E-state index < -0.39 is 17.7 Å². The molecule has 2 atom stereocenters. The van der Waals surface area contributed by atoms with Crippen molar-refractivity contribution >= 4 is 11.8 Å². The van der Waals surface area contributed by atoms with Crippen LogP contribution in [0.25, 0.3) is 0 Å². The molecule has 4 rings (SSSR count). The van der Waals surface area contributed by atoms with Gasteiger partial charge in [-0.3, -0.25) is 9.59 Å². The van der Waals surface area contributed by atoms with Gasteiger partial charge in [-0.1, -0.05) is 50.8 Å². The second-order valence-corrected chi connectivity index (χ2v) is 10.8. The van der Waals surface area contributed by atoms with Gasteiger partial charge < -0.3 is 29.7 Å². The zero-order chi connectivity index (χ0) is 26.1. The number of aliphatic hydroxyl groups is 1. The zero-order valence-corrected chi connectivity index (χ0v) is 22.4. The molecule has 3 fully saturated rings. The molecule has 2 saturated heterocycles. The Morgan fingerprint density at radius 3 is 2.46 bits per heavy atom. The maximum atomic E-state index is 13.7. The molecular weight excluding hydrogens is 470 g/mol. The number of nitrogens with zero attached hydrogens (tertiary/aromatic N) is 2. The van der Waals surface area contributed by atoms with E-state index in [-0.39, 0.29) is 17.7 Å². The highest BCUT2D eigenvalue weighted by Crippen LogP contribution is 2.36. The highest BCUT2D eigenvalue weighted by Gasteiger charge is 2.55. The Balaban J connectivity index is 1.27. The van der Waals surface area contributed by atoms with Gasteiger partial charge in [0.05, 0.1) is 19.3 Å². The average molecular weight is 516 g/mol. The van der Waals surface area contributed by atoms with Gasteiger partial charge in [0.2, 0.25) is 11.8 Å². The Hall–Kier alpha value is -2.16. The Kier molecular flexibility index (Phi) is 10.2. The first-order valence-electron chi connectivity index (χ1n) is 14.3. The number of aliphatic hydroxyl groups excluding tert-OH is 1. The average Bonchev–Trinajstić information content (AvgIpc) is 2.94. The fourth-order valence-electron chi connectivity index (χ4n) is 6.13. The van der Waals surface area contributed by atoms with Crippen LogP contribution in [0.15, 0.2) is 30.3 Å². The first kappa shape index (κ1) is 27.9. The van der Waals surface area contributed by atoms with Crippen LogP contribution in [0.3, 0.4) is 0 Å². The number of amides is 2. The first-order valence-corrected chi connectivity index (χ1v) is 14.3. The molecule has 0 aromatic heterocycles. The summed E-state index contributed by atoms with van der Waals surface area (Å²) in [4.78, 5) is 31.4. The lowest BCUT2D eigenvalue weighted by Crippen LogP contribution is -2.75. The van der Waals surface area contributed by atoms with Gasteiger partial charge >= 0.3 is 0 Å². The maximum absolute atomic E-state index is 13.7. The molecule has 8 nitrogen and oxygen atoms in total. The topological polar surface area (TPSA) is 91.3 Å². The van der Waals surface area contributed by atoms with Gasteiger partial charge in [-0.15, -0.1) is 0 Å². The second kappa shape index (κ2) is 13.6. The van der Waals surface area contributed by atoms with E-state index in [0.717, 1.165) is 63.9 Å². The predicted molar refractivity (Wildman–Crippen MR) is 142 cm³/mol. The number of piperazine rings is 1. The van der Waals surface area contributed by atoms with E-state index in [2.05, 4.69) is 17.1 Å². The number of piperidine rings is 1. The van der Waals surface area contributed by atoms with Crippen LogP contribution in [0.2, 0.25) is 0 Å². The molecule has 1 aromatic carbocycles. The predicted octanol–water partition coefficient (Wildman–Crippen LogP) is 2.98. The summed E-state index contributed by atoms with van der Waals surface area (Å²) in [6.07, 6.45) is 7.43. The van der Waals surface area contributed by atoms with Crippen molar-refractivity contribution in [2.75, 3.05) is 46.0 Å². The summed E-state index contributed by atoms with van der Waals surface area (Å²) in [5, 5.41) is 14.1. The van der Waals surface area contributed by atoms with Crippen molar-refractivity contribution in [3.05, 3.63) is 30.3 Å². The summed E-state index contributed by atoms with van der Waals surface area (Å²) in [7, 11) is 0. The third-order valence-electron chi connectivity index (χ3n) is 8.44. The summed E-state index contributed by atoms with van der Waals surface area (Å²) in [6.45, 7) is 6.57. The normalized spacial score (nSPS) is 23.7. The lowest BCUT2D eigenvalue weighted by Gasteiger charge is -2.52. The highest BCUT2D eigenvalue weighted by molar-refractivity contribution is 6.00. The molecule has 206 valence electrons. The van der Waals surface area contributed by atoms with Gasteiger partial charge in [0.25, 0.3) is 0 Å². The van der Waals surface area contributed by atoms with Crippen LogP contribution in [0.1, 0.15) is 64.7 Å². The summed E-state index contributed by atoms with van der Waals surface area (Å²) in [5.74, 6) is 0.747. The number of likely N-dealkylation sites (tertiary alicyclic amines) is 1. The molecule has 2 aliphatic heterocycles. The van der Waals surface area contributed by atoms with E-state index in [0.29, 0.717) is 39.2 Å². The number of para-hydroxylation sites is 1. The van der Waals surface area contributed by atoms with Crippen molar-refractivity contribution in [2.45, 2.75) is 82.4 Å². The van der Waals surface area contributed by atoms with Crippen molar-refractivity contribution in [2.24, 2.45) is 5.92 Å². The monoisotopic (exact) mass is 515 g/mol. The number of nitrogens with one attached hydrogen (secondary N) is 1. The van der Waals surface area contributed by atoms with Crippen LogP contribution in [-0.4, -0.2) is 90.4 Å². The third-order valence-corrected chi connectivity index (χ3v) is 8.44. The molecule has 0 unspecified atom stereocenters. The van der Waals surface area contributed by atoms with E-state index in [1.807, 2.05) is 35.2 Å². The maximum Gasteiger partial charge on any atom is 0.248 e. The van der Waals surface area contributed by atoms with Gasteiger partial charge in [0.1, 0.15) is 23.9 Å². The number of ether oxygens (including phenoxy) is 2. The number of hydrogen-bond donors (Lipinski definition) is 2. The molecule has 1 aromatic rings. The lowest BCUT2D eigenvalue weighted by atomic mass is 9.78. The summed E-state index contributed by atoms with van der Waals surface area (Å²) in [5.41, 5.74) is -0.810. The second-order valence-electron chi connectivity index (χ2n) is 10.8. The molecule has 1 aliphatic carbocycles. The lowest BCUT2D eigenvalue weighted by molar-refractivity contribution is -0.166. The van der Waals surface area contributed by atoms with Crippen LogP contribution >= 0.6 is 0 Å². The summed E-state index contributed by atoms with van der Waals surface area (Å²) >= 11 is 0. The number of hydrogen-bond acceptors (Lipinski definition) is 6. The quantitative estimate of drug-likeness (QED) is 0.416. The van der Waals surface area contributed by atoms with Gasteiger partial charge in [0, 0.05) is 26.2 Å². The largest absolute Gasteiger partial charge is 0.491 e. The molecule has 0 bridgehead atoms. The van der Waals surface area contributed by atoms with Crippen molar-refractivity contribution in [3.8, 4) is 5.75 Å². The van der Waals surface area contributed by atoms with Crippen LogP contribution in [-0.2, 0) is 14.3 Å². The van der Waals surface area contributed by atoms with E-state index in [4.69, 9.17) is 9.47 Å². The van der Waals surface area contributed by atoms with Crippen LogP contribution in [0.4, 0.5) is 0 Å². The van der Waals surface area contributed by atoms with E-state index in [1.54, 1.807) is 0 Å².